The van der Waals surface area contributed by atoms with Crippen LogP contribution >= 0.6 is 0 Å². The molecule has 0 radical (unpaired) electrons. The predicted octanol–water partition coefficient (Wildman–Crippen LogP) is 2.09. The highest BCUT2D eigenvalue weighted by atomic mass is 15.1. The molecule has 0 aromatic carbocycles. The lowest BCUT2D eigenvalue weighted by Crippen LogP contribution is -2.29. The van der Waals surface area contributed by atoms with Gasteiger partial charge in [0.2, 0.25) is 0 Å². The maximum atomic E-state index is 5.63. The highest BCUT2D eigenvalue weighted by Gasteiger charge is 2.42. The van der Waals surface area contributed by atoms with Crippen molar-refractivity contribution in [2.45, 2.75) is 39.5 Å². The normalized spacial score (nSPS) is 19.3. The van der Waals surface area contributed by atoms with Crippen LogP contribution in [-0.4, -0.2) is 31.6 Å². The van der Waals surface area contributed by atoms with Crippen molar-refractivity contribution in [3.8, 4) is 0 Å². The molecule has 2 nitrogen and oxygen atoms in total. The largest absolute Gasteiger partial charge is 0.330 e. The molecule has 1 saturated carbocycles. The fraction of sp³-hybridized carbons (Fsp3) is 1.00. The molecule has 84 valence electrons. The number of nitrogens with two attached hydrogens (primary N) is 1. The molecule has 0 spiro atoms. The van der Waals surface area contributed by atoms with Crippen LogP contribution in [0.1, 0.15) is 39.5 Å². The third kappa shape index (κ3) is 3.97. The first-order valence-electron chi connectivity index (χ1n) is 5.97. The van der Waals surface area contributed by atoms with Crippen LogP contribution in [0.2, 0.25) is 0 Å². The second-order valence-corrected chi connectivity index (χ2v) is 5.46. The fourth-order valence-electron chi connectivity index (χ4n) is 2.10. The smallest absolute Gasteiger partial charge is 0.00354 e. The Morgan fingerprint density at radius 2 is 2.00 bits per heavy atom. The van der Waals surface area contributed by atoms with Crippen molar-refractivity contribution in [1.29, 1.82) is 0 Å². The first-order valence-corrected chi connectivity index (χ1v) is 5.97. The molecule has 0 aromatic heterocycles. The molecule has 2 N–H and O–H groups in total. The van der Waals surface area contributed by atoms with E-state index in [9.17, 15) is 0 Å². The maximum absolute atomic E-state index is 5.63. The molecular formula is C12H26N2. The third-order valence-corrected chi connectivity index (χ3v) is 3.33. The molecule has 0 saturated heterocycles. The molecule has 0 atom stereocenters. The summed E-state index contributed by atoms with van der Waals surface area (Å²) in [7, 11) is 2.25. The fourth-order valence-corrected chi connectivity index (χ4v) is 2.10. The van der Waals surface area contributed by atoms with Gasteiger partial charge in [-0.3, -0.25) is 0 Å². The van der Waals surface area contributed by atoms with Crippen molar-refractivity contribution < 1.29 is 0 Å². The van der Waals surface area contributed by atoms with Gasteiger partial charge in [-0.05, 0) is 57.2 Å². The van der Waals surface area contributed by atoms with Gasteiger partial charge in [-0.1, -0.05) is 13.8 Å². The number of rotatable bonds is 7. The Labute approximate surface area is 88.8 Å². The summed E-state index contributed by atoms with van der Waals surface area (Å²) in [6.45, 7) is 7.94. The second kappa shape index (κ2) is 5.13. The monoisotopic (exact) mass is 198 g/mol. The lowest BCUT2D eigenvalue weighted by Gasteiger charge is -2.23. The van der Waals surface area contributed by atoms with Crippen molar-refractivity contribution in [1.82, 2.24) is 4.90 Å². The van der Waals surface area contributed by atoms with Crippen LogP contribution in [0, 0.1) is 11.3 Å². The van der Waals surface area contributed by atoms with Gasteiger partial charge < -0.3 is 10.6 Å². The van der Waals surface area contributed by atoms with Gasteiger partial charge in [0, 0.05) is 6.54 Å². The van der Waals surface area contributed by atoms with Gasteiger partial charge in [0.05, 0.1) is 0 Å². The van der Waals surface area contributed by atoms with Gasteiger partial charge in [0.15, 0.2) is 0 Å². The van der Waals surface area contributed by atoms with E-state index in [0.29, 0.717) is 5.41 Å². The summed E-state index contributed by atoms with van der Waals surface area (Å²) in [5.74, 6) is 0.821. The quantitative estimate of drug-likeness (QED) is 0.679. The van der Waals surface area contributed by atoms with E-state index in [4.69, 9.17) is 5.73 Å². The van der Waals surface area contributed by atoms with E-state index in [1.54, 1.807) is 0 Å². The minimum Gasteiger partial charge on any atom is -0.330 e. The molecule has 14 heavy (non-hydrogen) atoms. The van der Waals surface area contributed by atoms with Gasteiger partial charge in [-0.15, -0.1) is 0 Å². The van der Waals surface area contributed by atoms with Crippen molar-refractivity contribution >= 4 is 0 Å². The van der Waals surface area contributed by atoms with Crippen LogP contribution in [0.15, 0.2) is 0 Å². The molecule has 0 heterocycles. The van der Waals surface area contributed by atoms with Crippen molar-refractivity contribution in [3.63, 3.8) is 0 Å². The minimum absolute atomic E-state index is 0.612. The Kier molecular flexibility index (Phi) is 4.39. The van der Waals surface area contributed by atoms with E-state index in [-0.39, 0.29) is 0 Å². The van der Waals surface area contributed by atoms with E-state index in [2.05, 4.69) is 25.8 Å². The third-order valence-electron chi connectivity index (χ3n) is 3.33. The summed E-state index contributed by atoms with van der Waals surface area (Å²) in [6.07, 6.45) is 5.33. The van der Waals surface area contributed by atoms with E-state index in [1.807, 2.05) is 0 Å². The highest BCUT2D eigenvalue weighted by molar-refractivity contribution is 4.95. The Bertz CT molecular complexity index is 162. The van der Waals surface area contributed by atoms with Crippen molar-refractivity contribution in [2.75, 3.05) is 26.7 Å². The predicted molar refractivity (Wildman–Crippen MR) is 62.3 cm³/mol. The lowest BCUT2D eigenvalue weighted by atomic mass is 10.0. The van der Waals surface area contributed by atoms with Crippen molar-refractivity contribution in [2.24, 2.45) is 17.1 Å². The molecule has 0 aromatic rings. The summed E-state index contributed by atoms with van der Waals surface area (Å²) < 4.78 is 0. The second-order valence-electron chi connectivity index (χ2n) is 5.46. The first-order chi connectivity index (χ1) is 6.58. The van der Waals surface area contributed by atoms with Gasteiger partial charge >= 0.3 is 0 Å². The van der Waals surface area contributed by atoms with Gasteiger partial charge in [-0.25, -0.2) is 0 Å². The van der Waals surface area contributed by atoms with Gasteiger partial charge in [0.1, 0.15) is 0 Å². The maximum Gasteiger partial charge on any atom is 0.00354 e. The summed E-state index contributed by atoms with van der Waals surface area (Å²) in [6, 6.07) is 0. The molecule has 1 aliphatic rings. The zero-order valence-electron chi connectivity index (χ0n) is 10.1. The van der Waals surface area contributed by atoms with Crippen LogP contribution in [0.25, 0.3) is 0 Å². The molecule has 0 aliphatic heterocycles. The van der Waals surface area contributed by atoms with Crippen molar-refractivity contribution in [3.05, 3.63) is 0 Å². The Morgan fingerprint density at radius 3 is 2.43 bits per heavy atom. The van der Waals surface area contributed by atoms with Crippen LogP contribution in [0.5, 0.6) is 0 Å². The Hall–Kier alpha value is -0.0800. The SMILES string of the molecule is CC(C)CCN(C)CC1(CCN)CC1. The molecule has 1 aliphatic carbocycles. The number of hydrogen-bond acceptors (Lipinski definition) is 2. The summed E-state index contributed by atoms with van der Waals surface area (Å²) >= 11 is 0. The molecule has 1 fully saturated rings. The minimum atomic E-state index is 0.612. The zero-order valence-corrected chi connectivity index (χ0v) is 10.1. The van der Waals surface area contributed by atoms with Crippen LogP contribution in [0.4, 0.5) is 0 Å². The zero-order chi connectivity index (χ0) is 10.6. The summed E-state index contributed by atoms with van der Waals surface area (Å²) in [5, 5.41) is 0. The number of nitrogens with zero attached hydrogens (tertiary/aromatic N) is 1. The standard InChI is InChI=1S/C12H26N2/c1-11(2)4-9-14(3)10-12(5-6-12)7-8-13/h11H,4-10,13H2,1-3H3. The van der Waals surface area contributed by atoms with E-state index >= 15 is 0 Å². The van der Waals surface area contributed by atoms with E-state index in [0.717, 1.165) is 12.5 Å². The molecule has 2 heteroatoms. The molecular weight excluding hydrogens is 172 g/mol. The molecule has 1 rings (SSSR count). The molecule has 0 amide bonds. The summed E-state index contributed by atoms with van der Waals surface area (Å²) in [5.41, 5.74) is 6.25. The summed E-state index contributed by atoms with van der Waals surface area (Å²) in [4.78, 5) is 2.49. The average Bonchev–Trinajstić information content (AvgIpc) is 2.82. The van der Waals surface area contributed by atoms with Crippen LogP contribution in [0.3, 0.4) is 0 Å². The highest BCUT2D eigenvalue weighted by Crippen LogP contribution is 2.48. The van der Waals surface area contributed by atoms with Crippen LogP contribution in [-0.2, 0) is 0 Å². The lowest BCUT2D eigenvalue weighted by molar-refractivity contribution is 0.243. The van der Waals surface area contributed by atoms with Crippen LogP contribution < -0.4 is 5.73 Å². The molecule has 0 bridgehead atoms. The van der Waals surface area contributed by atoms with Gasteiger partial charge in [0.25, 0.3) is 0 Å². The Balaban J connectivity index is 2.16. The molecule has 0 unspecified atom stereocenters. The van der Waals surface area contributed by atoms with Gasteiger partial charge in [-0.2, -0.15) is 0 Å². The van der Waals surface area contributed by atoms with E-state index < -0.39 is 0 Å². The average molecular weight is 198 g/mol. The topological polar surface area (TPSA) is 29.3 Å². The van der Waals surface area contributed by atoms with E-state index in [1.165, 1.54) is 38.8 Å². The Morgan fingerprint density at radius 1 is 1.36 bits per heavy atom. The first kappa shape index (κ1) is 12.0. The number of hydrogen-bond donors (Lipinski definition) is 1.